The van der Waals surface area contributed by atoms with Gasteiger partial charge in [0.1, 0.15) is 5.92 Å². The summed E-state index contributed by atoms with van der Waals surface area (Å²) in [7, 11) is 0. The van der Waals surface area contributed by atoms with Crippen molar-refractivity contribution in [2.45, 2.75) is 5.92 Å². The van der Waals surface area contributed by atoms with Crippen LogP contribution in [0.4, 0.5) is 11.4 Å². The highest BCUT2D eigenvalue weighted by Gasteiger charge is 2.30. The number of hydrogen-bond acceptors (Lipinski definition) is 5. The van der Waals surface area contributed by atoms with Gasteiger partial charge >= 0.3 is 0 Å². The van der Waals surface area contributed by atoms with Gasteiger partial charge in [0.2, 0.25) is 11.8 Å². The van der Waals surface area contributed by atoms with Crippen LogP contribution in [0.25, 0.3) is 27.8 Å². The standard InChI is InChI=1S/C31H24N4O4/c36-27(35-39)17-16-20-7-3-11-23(19-20)28(30(37)33-25-14-4-9-21-8-1-2-13-24(21)25)31(38)34-26-15-5-10-22-12-6-18-32-29(22)26/h1-19,28,39H,(H,33,37)(H,34,38)(H,35,36)/b17-16+. The van der Waals surface area contributed by atoms with Crippen molar-refractivity contribution in [3.05, 3.63) is 120 Å². The van der Waals surface area contributed by atoms with Crippen molar-refractivity contribution >= 4 is 56.8 Å². The predicted molar refractivity (Wildman–Crippen MR) is 151 cm³/mol. The molecule has 0 aliphatic rings. The normalized spacial score (nSPS) is 11.8. The number of aromatic nitrogens is 1. The number of hydrogen-bond donors (Lipinski definition) is 4. The molecule has 5 aromatic rings. The monoisotopic (exact) mass is 516 g/mol. The highest BCUT2D eigenvalue weighted by molar-refractivity contribution is 6.17. The number of carbonyl (C=O) groups excluding carboxylic acids is 3. The Kier molecular flexibility index (Phi) is 7.38. The van der Waals surface area contributed by atoms with Crippen LogP contribution in [0.3, 0.4) is 0 Å². The molecule has 4 aromatic carbocycles. The topological polar surface area (TPSA) is 120 Å². The number of pyridine rings is 1. The second-order valence-corrected chi connectivity index (χ2v) is 8.80. The fourth-order valence-electron chi connectivity index (χ4n) is 4.42. The van der Waals surface area contributed by atoms with Gasteiger partial charge in [0.15, 0.2) is 0 Å². The lowest BCUT2D eigenvalue weighted by Gasteiger charge is -2.19. The Bertz CT molecular complexity index is 1630. The van der Waals surface area contributed by atoms with Gasteiger partial charge in [0.05, 0.1) is 11.2 Å². The van der Waals surface area contributed by atoms with Gasteiger partial charge < -0.3 is 10.6 Å². The number of carbonyl (C=O) groups is 3. The Balaban J connectivity index is 1.52. The van der Waals surface area contributed by atoms with E-state index >= 15 is 0 Å². The van der Waals surface area contributed by atoms with Crippen LogP contribution in [0.1, 0.15) is 17.0 Å². The molecule has 0 bridgehead atoms. The molecule has 1 heterocycles. The molecule has 4 N–H and O–H groups in total. The molecule has 0 radical (unpaired) electrons. The van der Waals surface area contributed by atoms with Crippen molar-refractivity contribution < 1.29 is 19.6 Å². The van der Waals surface area contributed by atoms with Gasteiger partial charge in [-0.1, -0.05) is 78.9 Å². The minimum atomic E-state index is -1.23. The summed E-state index contributed by atoms with van der Waals surface area (Å²) in [6.07, 6.45) is 4.26. The van der Waals surface area contributed by atoms with Crippen molar-refractivity contribution in [3.8, 4) is 0 Å². The summed E-state index contributed by atoms with van der Waals surface area (Å²) in [5.74, 6) is -3.00. The Morgan fingerprint density at radius 3 is 2.23 bits per heavy atom. The van der Waals surface area contributed by atoms with Gasteiger partial charge in [-0.3, -0.25) is 24.6 Å². The lowest BCUT2D eigenvalue weighted by molar-refractivity contribution is -0.126. The van der Waals surface area contributed by atoms with Crippen LogP contribution in [0.2, 0.25) is 0 Å². The maximum Gasteiger partial charge on any atom is 0.267 e. The lowest BCUT2D eigenvalue weighted by Crippen LogP contribution is -2.32. The average Bonchev–Trinajstić information content (AvgIpc) is 2.96. The molecule has 8 heteroatoms. The van der Waals surface area contributed by atoms with E-state index in [0.29, 0.717) is 28.0 Å². The van der Waals surface area contributed by atoms with E-state index in [1.807, 2.05) is 60.7 Å². The first-order valence-electron chi connectivity index (χ1n) is 12.2. The van der Waals surface area contributed by atoms with Crippen molar-refractivity contribution in [1.82, 2.24) is 10.5 Å². The van der Waals surface area contributed by atoms with E-state index in [9.17, 15) is 14.4 Å². The van der Waals surface area contributed by atoms with Gasteiger partial charge in [-0.05, 0) is 40.8 Å². The highest BCUT2D eigenvalue weighted by atomic mass is 16.5. The summed E-state index contributed by atoms with van der Waals surface area (Å²) < 4.78 is 0. The molecule has 8 nitrogen and oxygen atoms in total. The molecule has 5 rings (SSSR count). The molecule has 0 aliphatic carbocycles. The zero-order valence-corrected chi connectivity index (χ0v) is 20.7. The van der Waals surface area contributed by atoms with Crippen LogP contribution in [0.15, 0.2) is 109 Å². The zero-order valence-electron chi connectivity index (χ0n) is 20.7. The predicted octanol–water partition coefficient (Wildman–Crippen LogP) is 5.27. The lowest BCUT2D eigenvalue weighted by atomic mass is 9.94. The van der Waals surface area contributed by atoms with Gasteiger partial charge in [-0.25, -0.2) is 5.48 Å². The van der Waals surface area contributed by atoms with Crippen LogP contribution < -0.4 is 16.1 Å². The Hall–Kier alpha value is -5.34. The van der Waals surface area contributed by atoms with Crippen LogP contribution in [-0.4, -0.2) is 27.9 Å². The molecule has 0 aliphatic heterocycles. The first-order chi connectivity index (χ1) is 19.0. The van der Waals surface area contributed by atoms with Gasteiger partial charge in [-0.2, -0.15) is 0 Å². The van der Waals surface area contributed by atoms with E-state index in [2.05, 4.69) is 15.6 Å². The summed E-state index contributed by atoms with van der Waals surface area (Å²) in [6, 6.07) is 29.1. The molecule has 3 amide bonds. The van der Waals surface area contributed by atoms with E-state index in [4.69, 9.17) is 5.21 Å². The van der Waals surface area contributed by atoms with Gasteiger partial charge in [0, 0.05) is 28.7 Å². The van der Waals surface area contributed by atoms with Gasteiger partial charge in [0.25, 0.3) is 5.91 Å². The number of fused-ring (bicyclic) bond motifs is 2. The smallest absolute Gasteiger partial charge is 0.267 e. The molecule has 192 valence electrons. The molecule has 0 spiro atoms. The van der Waals surface area contributed by atoms with Gasteiger partial charge in [-0.15, -0.1) is 0 Å². The van der Waals surface area contributed by atoms with Crippen LogP contribution in [0, 0.1) is 0 Å². The van der Waals surface area contributed by atoms with E-state index in [1.54, 1.807) is 42.6 Å². The summed E-state index contributed by atoms with van der Waals surface area (Å²) in [5, 5.41) is 17.2. The Morgan fingerprint density at radius 1 is 0.744 bits per heavy atom. The molecule has 0 saturated heterocycles. The van der Waals surface area contributed by atoms with Crippen molar-refractivity contribution in [2.75, 3.05) is 10.6 Å². The Labute approximate surface area is 224 Å². The fourth-order valence-corrected chi connectivity index (χ4v) is 4.42. The summed E-state index contributed by atoms with van der Waals surface area (Å²) in [5.41, 5.74) is 4.19. The van der Waals surface area contributed by atoms with E-state index in [1.165, 1.54) is 11.6 Å². The number of amides is 3. The van der Waals surface area contributed by atoms with E-state index < -0.39 is 23.6 Å². The molecular weight excluding hydrogens is 492 g/mol. The molecule has 1 aromatic heterocycles. The molecule has 0 fully saturated rings. The maximum absolute atomic E-state index is 13.8. The van der Waals surface area contributed by atoms with Crippen molar-refractivity contribution in [2.24, 2.45) is 0 Å². The van der Waals surface area contributed by atoms with Crippen molar-refractivity contribution in [1.29, 1.82) is 0 Å². The second kappa shape index (κ2) is 11.4. The van der Waals surface area contributed by atoms with Crippen LogP contribution in [-0.2, 0) is 14.4 Å². The maximum atomic E-state index is 13.8. The second-order valence-electron chi connectivity index (χ2n) is 8.80. The van der Waals surface area contributed by atoms with Crippen molar-refractivity contribution in [3.63, 3.8) is 0 Å². The fraction of sp³-hybridized carbons (Fsp3) is 0.0323. The summed E-state index contributed by atoms with van der Waals surface area (Å²) in [4.78, 5) is 43.4. The molecular formula is C31H24N4O4. The van der Waals surface area contributed by atoms with Crippen LogP contribution in [0.5, 0.6) is 0 Å². The summed E-state index contributed by atoms with van der Waals surface area (Å²) in [6.45, 7) is 0. The summed E-state index contributed by atoms with van der Waals surface area (Å²) >= 11 is 0. The number of rotatable bonds is 7. The highest BCUT2D eigenvalue weighted by Crippen LogP contribution is 2.28. The number of nitrogens with one attached hydrogen (secondary N) is 3. The quantitative estimate of drug-likeness (QED) is 0.102. The minimum absolute atomic E-state index is 0.421. The number of nitrogens with zero attached hydrogens (tertiary/aromatic N) is 1. The zero-order chi connectivity index (χ0) is 27.2. The Morgan fingerprint density at radius 2 is 1.41 bits per heavy atom. The third-order valence-corrected chi connectivity index (χ3v) is 6.24. The number of benzene rings is 4. The van der Waals surface area contributed by atoms with E-state index in [-0.39, 0.29) is 0 Å². The van der Waals surface area contributed by atoms with Crippen LogP contribution >= 0.6 is 0 Å². The average molecular weight is 517 g/mol. The molecule has 39 heavy (non-hydrogen) atoms. The first kappa shape index (κ1) is 25.3. The number of anilines is 2. The third kappa shape index (κ3) is 5.66. The number of hydroxylamine groups is 1. The minimum Gasteiger partial charge on any atom is -0.325 e. The molecule has 0 saturated carbocycles. The molecule has 1 atom stereocenters. The SMILES string of the molecule is O=C(/C=C/c1cccc(C(C(=O)Nc2cccc3ccccc23)C(=O)Nc2cccc3cccnc23)c1)NO. The van der Waals surface area contributed by atoms with E-state index in [0.717, 1.165) is 22.2 Å². The first-order valence-corrected chi connectivity index (χ1v) is 12.2. The number of para-hydroxylation sites is 1. The molecule has 1 unspecified atom stereocenters. The third-order valence-electron chi connectivity index (χ3n) is 6.24. The largest absolute Gasteiger partial charge is 0.325 e.